The molecule has 0 saturated carbocycles. The van der Waals surface area contributed by atoms with E-state index in [0.29, 0.717) is 11.9 Å². The van der Waals surface area contributed by atoms with Crippen molar-refractivity contribution in [2.24, 2.45) is 0 Å². The molecule has 0 aromatic carbocycles. The minimum absolute atomic E-state index is 0.511. The van der Waals surface area contributed by atoms with Crippen LogP contribution in [0.3, 0.4) is 0 Å². The molecule has 3 heterocycles. The summed E-state index contributed by atoms with van der Waals surface area (Å²) in [5.41, 5.74) is 1.11. The zero-order valence-electron chi connectivity index (χ0n) is 9.60. The molecular formula is C11H14ClN3S2. The van der Waals surface area contributed by atoms with Gasteiger partial charge in [0, 0.05) is 30.4 Å². The Morgan fingerprint density at radius 2 is 2.53 bits per heavy atom. The lowest BCUT2D eigenvalue weighted by Crippen LogP contribution is -2.32. The maximum absolute atomic E-state index is 6.07. The number of thioether (sulfide) groups is 1. The molecule has 2 aromatic heterocycles. The first-order valence-electron chi connectivity index (χ1n) is 5.62. The minimum Gasteiger partial charge on any atom is -0.354 e. The van der Waals surface area contributed by atoms with E-state index in [9.17, 15) is 0 Å². The molecule has 6 heteroatoms. The van der Waals surface area contributed by atoms with Crippen LogP contribution in [0.4, 0.5) is 5.82 Å². The van der Waals surface area contributed by atoms with Gasteiger partial charge in [-0.2, -0.15) is 11.8 Å². The first-order valence-corrected chi connectivity index (χ1v) is 8.19. The van der Waals surface area contributed by atoms with Gasteiger partial charge in [0.25, 0.3) is 0 Å². The molecule has 1 atom stereocenters. The predicted octanol–water partition coefficient (Wildman–Crippen LogP) is 3.08. The van der Waals surface area contributed by atoms with E-state index in [2.05, 4.69) is 16.3 Å². The largest absolute Gasteiger partial charge is 0.354 e. The van der Waals surface area contributed by atoms with E-state index in [1.165, 1.54) is 17.9 Å². The Kier molecular flexibility index (Phi) is 3.23. The van der Waals surface area contributed by atoms with Crippen molar-refractivity contribution in [3.63, 3.8) is 0 Å². The first-order chi connectivity index (χ1) is 8.31. The highest BCUT2D eigenvalue weighted by Crippen LogP contribution is 2.30. The van der Waals surface area contributed by atoms with Crippen molar-refractivity contribution in [2.45, 2.75) is 18.3 Å². The number of alkyl halides is 1. The Balaban J connectivity index is 2.00. The standard InChI is InChI=1S/C11H14ClN3S2/c1-14(8-2-4-16-7-8)10-9(6-12)15-3-5-17-11(15)13-10/h3,5,8H,2,4,6-7H2,1H3. The van der Waals surface area contributed by atoms with Crippen molar-refractivity contribution < 1.29 is 0 Å². The second-order valence-corrected chi connectivity index (χ2v) is 6.49. The van der Waals surface area contributed by atoms with Gasteiger partial charge in [-0.05, 0) is 12.2 Å². The van der Waals surface area contributed by atoms with E-state index < -0.39 is 0 Å². The van der Waals surface area contributed by atoms with E-state index in [1.807, 2.05) is 23.3 Å². The fraction of sp³-hybridized carbons (Fsp3) is 0.545. The van der Waals surface area contributed by atoms with Gasteiger partial charge >= 0.3 is 0 Å². The Morgan fingerprint density at radius 1 is 1.65 bits per heavy atom. The number of aromatic nitrogens is 2. The molecule has 0 N–H and O–H groups in total. The molecule has 0 spiro atoms. The van der Waals surface area contributed by atoms with Crippen LogP contribution in [0.2, 0.25) is 0 Å². The number of anilines is 1. The fourth-order valence-corrected chi connectivity index (χ4v) is 4.47. The van der Waals surface area contributed by atoms with Gasteiger partial charge in [0.05, 0.1) is 11.6 Å². The quantitative estimate of drug-likeness (QED) is 0.810. The van der Waals surface area contributed by atoms with Gasteiger partial charge in [-0.1, -0.05) is 0 Å². The summed E-state index contributed by atoms with van der Waals surface area (Å²) >= 11 is 9.75. The summed E-state index contributed by atoms with van der Waals surface area (Å²) in [6, 6.07) is 0.603. The van der Waals surface area contributed by atoms with Crippen LogP contribution in [-0.4, -0.2) is 34.0 Å². The molecule has 3 rings (SSSR count). The molecule has 1 unspecified atom stereocenters. The monoisotopic (exact) mass is 287 g/mol. The van der Waals surface area contributed by atoms with Crippen LogP contribution < -0.4 is 4.90 Å². The number of hydrogen-bond acceptors (Lipinski definition) is 4. The van der Waals surface area contributed by atoms with Crippen LogP contribution in [0, 0.1) is 0 Å². The van der Waals surface area contributed by atoms with E-state index in [0.717, 1.165) is 16.5 Å². The summed E-state index contributed by atoms with van der Waals surface area (Å²) in [5.74, 6) is 4.02. The highest BCUT2D eigenvalue weighted by Gasteiger charge is 2.24. The van der Waals surface area contributed by atoms with Crippen LogP contribution in [0.1, 0.15) is 12.1 Å². The van der Waals surface area contributed by atoms with E-state index in [4.69, 9.17) is 16.6 Å². The third-order valence-corrected chi connectivity index (χ3v) is 5.41. The average Bonchev–Trinajstić information content (AvgIpc) is 3.03. The van der Waals surface area contributed by atoms with Crippen LogP contribution in [0.25, 0.3) is 4.96 Å². The van der Waals surface area contributed by atoms with Gasteiger partial charge < -0.3 is 4.90 Å². The van der Waals surface area contributed by atoms with Gasteiger partial charge in [-0.3, -0.25) is 4.40 Å². The summed E-state index contributed by atoms with van der Waals surface area (Å²) in [7, 11) is 2.14. The number of rotatable bonds is 3. The van der Waals surface area contributed by atoms with Crippen LogP contribution >= 0.6 is 34.7 Å². The Morgan fingerprint density at radius 3 is 3.24 bits per heavy atom. The number of hydrogen-bond donors (Lipinski definition) is 0. The summed E-state index contributed by atoms with van der Waals surface area (Å²) in [6.45, 7) is 0. The van der Waals surface area contributed by atoms with E-state index in [1.54, 1.807) is 11.3 Å². The van der Waals surface area contributed by atoms with Crippen molar-refractivity contribution in [2.75, 3.05) is 23.5 Å². The third-order valence-electron chi connectivity index (χ3n) is 3.25. The normalized spacial score (nSPS) is 20.2. The zero-order valence-corrected chi connectivity index (χ0v) is 12.0. The summed E-state index contributed by atoms with van der Waals surface area (Å²) in [5, 5.41) is 2.05. The van der Waals surface area contributed by atoms with Crippen LogP contribution in [-0.2, 0) is 5.88 Å². The Bertz CT molecular complexity index is 516. The van der Waals surface area contributed by atoms with Crippen LogP contribution in [0.5, 0.6) is 0 Å². The summed E-state index contributed by atoms with van der Waals surface area (Å²) in [4.78, 5) is 8.04. The maximum atomic E-state index is 6.07. The van der Waals surface area contributed by atoms with E-state index >= 15 is 0 Å². The van der Waals surface area contributed by atoms with Gasteiger partial charge in [-0.15, -0.1) is 22.9 Å². The highest BCUT2D eigenvalue weighted by molar-refractivity contribution is 7.99. The van der Waals surface area contributed by atoms with Gasteiger partial charge in [0.15, 0.2) is 10.8 Å². The molecule has 0 radical (unpaired) electrons. The Labute approximate surface area is 114 Å². The molecule has 0 amide bonds. The minimum atomic E-state index is 0.511. The zero-order chi connectivity index (χ0) is 11.8. The molecule has 1 fully saturated rings. The highest BCUT2D eigenvalue weighted by atomic mass is 35.5. The fourth-order valence-electron chi connectivity index (χ4n) is 2.23. The molecule has 3 nitrogen and oxygen atoms in total. The predicted molar refractivity (Wildman–Crippen MR) is 76.8 cm³/mol. The number of thiazole rings is 1. The molecule has 1 aliphatic heterocycles. The topological polar surface area (TPSA) is 20.5 Å². The van der Waals surface area contributed by atoms with Crippen molar-refractivity contribution in [1.29, 1.82) is 0 Å². The molecule has 17 heavy (non-hydrogen) atoms. The maximum Gasteiger partial charge on any atom is 0.195 e. The molecule has 1 aliphatic rings. The number of halogens is 1. The molecule has 1 saturated heterocycles. The van der Waals surface area contributed by atoms with E-state index in [-0.39, 0.29) is 0 Å². The van der Waals surface area contributed by atoms with Crippen LogP contribution in [0.15, 0.2) is 11.6 Å². The molecular weight excluding hydrogens is 274 g/mol. The second-order valence-electron chi connectivity index (χ2n) is 4.20. The molecule has 0 bridgehead atoms. The van der Waals surface area contributed by atoms with Crippen molar-refractivity contribution in [1.82, 2.24) is 9.38 Å². The van der Waals surface area contributed by atoms with Gasteiger partial charge in [-0.25, -0.2) is 4.98 Å². The van der Waals surface area contributed by atoms with Gasteiger partial charge in [0.1, 0.15) is 0 Å². The molecule has 2 aromatic rings. The summed E-state index contributed by atoms with van der Waals surface area (Å²) < 4.78 is 2.10. The number of imidazole rings is 1. The van der Waals surface area contributed by atoms with Crippen molar-refractivity contribution >= 4 is 45.5 Å². The SMILES string of the molecule is CN(c1nc2sccn2c1CCl)C1CCSC1. The average molecular weight is 288 g/mol. The van der Waals surface area contributed by atoms with Crippen molar-refractivity contribution in [3.05, 3.63) is 17.3 Å². The first kappa shape index (κ1) is 11.7. The number of nitrogens with zero attached hydrogens (tertiary/aromatic N) is 3. The molecule has 0 aliphatic carbocycles. The molecule has 92 valence electrons. The third kappa shape index (κ3) is 1.94. The smallest absolute Gasteiger partial charge is 0.195 e. The lowest BCUT2D eigenvalue weighted by molar-refractivity contribution is 0.691. The summed E-state index contributed by atoms with van der Waals surface area (Å²) in [6.07, 6.45) is 3.29. The lowest BCUT2D eigenvalue weighted by Gasteiger charge is -2.24. The van der Waals surface area contributed by atoms with Crippen molar-refractivity contribution in [3.8, 4) is 0 Å². The lowest BCUT2D eigenvalue weighted by atomic mass is 10.2. The number of fused-ring (bicyclic) bond motifs is 1. The van der Waals surface area contributed by atoms with Gasteiger partial charge in [0.2, 0.25) is 0 Å². The second kappa shape index (κ2) is 4.71. The Hall–Kier alpha value is -0.390.